The van der Waals surface area contributed by atoms with E-state index in [1.54, 1.807) is 0 Å². The van der Waals surface area contributed by atoms with Crippen LogP contribution in [0.5, 0.6) is 5.75 Å². The van der Waals surface area contributed by atoms with Gasteiger partial charge in [0.25, 0.3) is 0 Å². The molecule has 0 saturated carbocycles. The van der Waals surface area contributed by atoms with Crippen molar-refractivity contribution >= 4 is 0 Å². The van der Waals surface area contributed by atoms with Gasteiger partial charge in [0, 0.05) is 11.5 Å². The summed E-state index contributed by atoms with van der Waals surface area (Å²) in [7, 11) is 0. The van der Waals surface area contributed by atoms with E-state index in [4.69, 9.17) is 18.6 Å². The van der Waals surface area contributed by atoms with Gasteiger partial charge in [0.1, 0.15) is 11.5 Å². The maximum Gasteiger partial charge on any atom is 0.217 e. The molecule has 0 radical (unpaired) electrons. The molecule has 1 aromatic carbocycles. The molecule has 1 fully saturated rings. The Morgan fingerprint density at radius 2 is 1.78 bits per heavy atom. The lowest BCUT2D eigenvalue weighted by molar-refractivity contribution is -0.213. The Morgan fingerprint density at radius 3 is 2.56 bits per heavy atom. The lowest BCUT2D eigenvalue weighted by Gasteiger charge is -2.28. The van der Waals surface area contributed by atoms with Crippen LogP contribution >= 0.6 is 0 Å². The quantitative estimate of drug-likeness (QED) is 0.455. The fraction of sp³-hybridized carbons (Fsp3) is 0.565. The third kappa shape index (κ3) is 5.85. The van der Waals surface area contributed by atoms with E-state index in [0.717, 1.165) is 55.5 Å². The maximum absolute atomic E-state index is 6.02. The highest BCUT2D eigenvalue weighted by Gasteiger charge is 2.25. The van der Waals surface area contributed by atoms with Gasteiger partial charge in [-0.15, -0.1) is 0 Å². The van der Waals surface area contributed by atoms with Crippen molar-refractivity contribution in [2.45, 2.75) is 58.7 Å². The molecular weight excluding hydrogens is 340 g/mol. The number of hydrogen-bond donors (Lipinski definition) is 0. The highest BCUT2D eigenvalue weighted by Crippen LogP contribution is 2.32. The highest BCUT2D eigenvalue weighted by atomic mass is 16.7. The fourth-order valence-electron chi connectivity index (χ4n) is 3.27. The van der Waals surface area contributed by atoms with E-state index >= 15 is 0 Å². The monoisotopic (exact) mass is 372 g/mol. The van der Waals surface area contributed by atoms with Crippen LogP contribution in [0.2, 0.25) is 0 Å². The van der Waals surface area contributed by atoms with Crippen LogP contribution in [0.1, 0.15) is 64.4 Å². The van der Waals surface area contributed by atoms with E-state index in [-0.39, 0.29) is 0 Å². The van der Waals surface area contributed by atoms with Crippen molar-refractivity contribution in [2.24, 2.45) is 5.92 Å². The first-order valence-corrected chi connectivity index (χ1v) is 10.4. The smallest absolute Gasteiger partial charge is 0.217 e. The Hall–Kier alpha value is -1.78. The van der Waals surface area contributed by atoms with Crippen molar-refractivity contribution in [1.29, 1.82) is 0 Å². The molecule has 1 aliphatic heterocycles. The van der Waals surface area contributed by atoms with Gasteiger partial charge in [0.2, 0.25) is 6.29 Å². The molecule has 0 bridgehead atoms. The van der Waals surface area contributed by atoms with Gasteiger partial charge < -0.3 is 18.6 Å². The standard InChI is InChI=1S/C23H32O4/c1-3-5-7-9-18-16-25-23(26-17-18)22-13-12-21(27-22)19-10-8-11-20(15-19)24-14-6-4-2/h8,10-13,15,18,23H,3-7,9,14,16-17H2,1-2H3. The van der Waals surface area contributed by atoms with E-state index in [2.05, 4.69) is 13.8 Å². The summed E-state index contributed by atoms with van der Waals surface area (Å²) in [5, 5.41) is 0. The third-order valence-electron chi connectivity index (χ3n) is 4.93. The summed E-state index contributed by atoms with van der Waals surface area (Å²) < 4.78 is 23.6. The van der Waals surface area contributed by atoms with Gasteiger partial charge >= 0.3 is 0 Å². The Morgan fingerprint density at radius 1 is 0.963 bits per heavy atom. The number of benzene rings is 1. The van der Waals surface area contributed by atoms with Crippen LogP contribution in [0.25, 0.3) is 11.3 Å². The van der Waals surface area contributed by atoms with Crippen molar-refractivity contribution in [3.05, 3.63) is 42.2 Å². The normalized spacial score (nSPS) is 19.9. The maximum atomic E-state index is 6.02. The fourth-order valence-corrected chi connectivity index (χ4v) is 3.27. The molecule has 4 heteroatoms. The number of hydrogen-bond acceptors (Lipinski definition) is 4. The molecule has 2 heterocycles. The molecule has 0 aliphatic carbocycles. The number of rotatable bonds is 10. The summed E-state index contributed by atoms with van der Waals surface area (Å²) >= 11 is 0. The number of unbranched alkanes of at least 4 members (excludes halogenated alkanes) is 3. The second-order valence-corrected chi connectivity index (χ2v) is 7.29. The SMILES string of the molecule is CCCCCC1COC(c2ccc(-c3cccc(OCCCC)c3)o2)OC1. The second kappa shape index (κ2) is 10.5. The molecule has 4 nitrogen and oxygen atoms in total. The van der Waals surface area contributed by atoms with E-state index in [9.17, 15) is 0 Å². The Balaban J connectivity index is 1.55. The zero-order valence-corrected chi connectivity index (χ0v) is 16.6. The minimum atomic E-state index is -0.398. The summed E-state index contributed by atoms with van der Waals surface area (Å²) in [6.45, 7) is 6.61. The van der Waals surface area contributed by atoms with Crippen molar-refractivity contribution < 1.29 is 18.6 Å². The minimum absolute atomic E-state index is 0.398. The van der Waals surface area contributed by atoms with Crippen LogP contribution in [0.15, 0.2) is 40.8 Å². The first-order chi connectivity index (χ1) is 13.3. The second-order valence-electron chi connectivity index (χ2n) is 7.29. The van der Waals surface area contributed by atoms with Crippen LogP contribution in [0.4, 0.5) is 0 Å². The molecule has 148 valence electrons. The van der Waals surface area contributed by atoms with Crippen LogP contribution in [-0.4, -0.2) is 19.8 Å². The molecule has 0 amide bonds. The van der Waals surface area contributed by atoms with E-state index < -0.39 is 6.29 Å². The Labute approximate surface area is 162 Å². The Bertz CT molecular complexity index is 671. The Kier molecular flexibility index (Phi) is 7.79. The molecule has 27 heavy (non-hydrogen) atoms. The largest absolute Gasteiger partial charge is 0.494 e. The van der Waals surface area contributed by atoms with Crippen LogP contribution in [0.3, 0.4) is 0 Å². The minimum Gasteiger partial charge on any atom is -0.494 e. The topological polar surface area (TPSA) is 40.8 Å². The predicted octanol–water partition coefficient (Wildman–Crippen LogP) is 6.37. The summed E-state index contributed by atoms with van der Waals surface area (Å²) in [6.07, 6.45) is 6.74. The summed E-state index contributed by atoms with van der Waals surface area (Å²) in [5.41, 5.74) is 1.00. The average molecular weight is 373 g/mol. The molecule has 1 aliphatic rings. The first-order valence-electron chi connectivity index (χ1n) is 10.4. The molecule has 1 aromatic heterocycles. The van der Waals surface area contributed by atoms with Gasteiger partial charge in [0.15, 0.2) is 5.76 Å². The summed E-state index contributed by atoms with van der Waals surface area (Å²) in [6, 6.07) is 11.9. The van der Waals surface area contributed by atoms with Gasteiger partial charge in [-0.25, -0.2) is 0 Å². The van der Waals surface area contributed by atoms with Gasteiger partial charge in [0.05, 0.1) is 19.8 Å². The van der Waals surface area contributed by atoms with Gasteiger partial charge in [-0.3, -0.25) is 0 Å². The number of furan rings is 1. The van der Waals surface area contributed by atoms with E-state index in [1.165, 1.54) is 25.7 Å². The molecule has 0 spiro atoms. The zero-order valence-electron chi connectivity index (χ0n) is 16.6. The van der Waals surface area contributed by atoms with E-state index in [0.29, 0.717) is 5.92 Å². The average Bonchev–Trinajstić information content (AvgIpc) is 3.20. The highest BCUT2D eigenvalue weighted by molar-refractivity contribution is 5.59. The van der Waals surface area contributed by atoms with Gasteiger partial charge in [-0.2, -0.15) is 0 Å². The molecule has 2 aromatic rings. The van der Waals surface area contributed by atoms with Crippen LogP contribution in [0, 0.1) is 5.92 Å². The number of ether oxygens (including phenoxy) is 3. The van der Waals surface area contributed by atoms with Gasteiger partial charge in [-0.1, -0.05) is 51.7 Å². The van der Waals surface area contributed by atoms with Crippen LogP contribution < -0.4 is 4.74 Å². The van der Waals surface area contributed by atoms with Gasteiger partial charge in [-0.05, 0) is 37.1 Å². The van der Waals surface area contributed by atoms with Crippen LogP contribution in [-0.2, 0) is 9.47 Å². The summed E-state index contributed by atoms with van der Waals surface area (Å²) in [5.74, 6) is 2.91. The lowest BCUT2D eigenvalue weighted by Crippen LogP contribution is -2.26. The van der Waals surface area contributed by atoms with Crippen molar-refractivity contribution in [3.63, 3.8) is 0 Å². The van der Waals surface area contributed by atoms with Crippen molar-refractivity contribution in [2.75, 3.05) is 19.8 Å². The first kappa shape index (κ1) is 20.0. The zero-order chi connectivity index (χ0) is 18.9. The van der Waals surface area contributed by atoms with Crippen molar-refractivity contribution in [1.82, 2.24) is 0 Å². The molecule has 0 N–H and O–H groups in total. The van der Waals surface area contributed by atoms with E-state index in [1.807, 2.05) is 36.4 Å². The molecule has 3 rings (SSSR count). The van der Waals surface area contributed by atoms with Crippen molar-refractivity contribution in [3.8, 4) is 17.1 Å². The molecule has 1 saturated heterocycles. The molecule has 0 unspecified atom stereocenters. The third-order valence-corrected chi connectivity index (χ3v) is 4.93. The molecular formula is C23H32O4. The summed E-state index contributed by atoms with van der Waals surface area (Å²) in [4.78, 5) is 0. The predicted molar refractivity (Wildman–Crippen MR) is 107 cm³/mol. The molecule has 0 atom stereocenters. The lowest BCUT2D eigenvalue weighted by atomic mass is 10.0.